The van der Waals surface area contributed by atoms with Crippen LogP contribution in [0.1, 0.15) is 28.5 Å². The summed E-state index contributed by atoms with van der Waals surface area (Å²) >= 11 is 0. The van der Waals surface area contributed by atoms with Gasteiger partial charge in [-0.3, -0.25) is 9.69 Å². The highest BCUT2D eigenvalue weighted by atomic mass is 19.1. The summed E-state index contributed by atoms with van der Waals surface area (Å²) in [6, 6.07) is 8.50. The zero-order valence-corrected chi connectivity index (χ0v) is 18.5. The second kappa shape index (κ2) is 9.20. The summed E-state index contributed by atoms with van der Waals surface area (Å²) in [5.41, 5.74) is 2.09. The van der Waals surface area contributed by atoms with Crippen molar-refractivity contribution in [1.29, 1.82) is 5.26 Å². The maximum Gasteiger partial charge on any atom is 0.228 e. The molecular weight excluding hydrogens is 441 g/mol. The number of nitriles is 1. The van der Waals surface area contributed by atoms with E-state index >= 15 is 0 Å². The first-order valence-electron chi connectivity index (χ1n) is 10.9. The van der Waals surface area contributed by atoms with Gasteiger partial charge in [0.25, 0.3) is 0 Å². The van der Waals surface area contributed by atoms with Crippen molar-refractivity contribution in [1.82, 2.24) is 40.2 Å². The first-order chi connectivity index (χ1) is 16.5. The lowest BCUT2D eigenvalue weighted by molar-refractivity contribution is -0.139. The van der Waals surface area contributed by atoms with Gasteiger partial charge in [0.05, 0.1) is 36.4 Å². The van der Waals surface area contributed by atoms with Crippen molar-refractivity contribution < 1.29 is 13.9 Å². The number of aromatic nitrogens is 6. The molecule has 0 N–H and O–H groups in total. The van der Waals surface area contributed by atoms with E-state index in [9.17, 15) is 14.4 Å². The highest BCUT2D eigenvalue weighted by Gasteiger charge is 2.36. The van der Waals surface area contributed by atoms with E-state index in [1.54, 1.807) is 25.1 Å². The molecule has 174 valence electrons. The quantitative estimate of drug-likeness (QED) is 0.547. The molecule has 2 aliphatic rings. The van der Waals surface area contributed by atoms with Crippen LogP contribution in [0, 0.1) is 24.1 Å². The van der Waals surface area contributed by atoms with E-state index < -0.39 is 5.82 Å². The van der Waals surface area contributed by atoms with E-state index in [1.807, 2.05) is 11.0 Å². The Morgan fingerprint density at radius 1 is 1.24 bits per heavy atom. The van der Waals surface area contributed by atoms with Gasteiger partial charge in [0, 0.05) is 26.2 Å². The third kappa shape index (κ3) is 4.23. The number of fused-ring (bicyclic) bond motifs is 1. The smallest absolute Gasteiger partial charge is 0.228 e. The van der Waals surface area contributed by atoms with Gasteiger partial charge in [-0.05, 0) is 46.7 Å². The van der Waals surface area contributed by atoms with Gasteiger partial charge in [-0.1, -0.05) is 6.07 Å². The molecule has 0 bridgehead atoms. The van der Waals surface area contributed by atoms with Gasteiger partial charge < -0.3 is 9.64 Å². The normalized spacial score (nSPS) is 20.6. The van der Waals surface area contributed by atoms with Crippen LogP contribution in [-0.2, 0) is 16.0 Å². The average molecular weight is 463 g/mol. The Morgan fingerprint density at radius 2 is 2.12 bits per heavy atom. The van der Waals surface area contributed by atoms with Crippen molar-refractivity contribution in [2.75, 3.05) is 32.8 Å². The molecule has 34 heavy (non-hydrogen) atoms. The fourth-order valence-corrected chi connectivity index (χ4v) is 4.48. The number of benzene rings is 1. The Morgan fingerprint density at radius 3 is 2.85 bits per heavy atom. The zero-order chi connectivity index (χ0) is 23.7. The number of rotatable bonds is 4. The molecule has 0 unspecified atom stereocenters. The second-order valence-corrected chi connectivity index (χ2v) is 8.37. The standard InChI is InChI=1S/C22H22FN9O2/c1-14-17(3-4-19(23)18(14)9-24)20-11-30-6-7-31(10-16(30)12-34-20)22(33)8-15-2-5-21(27-26-15)32-13-25-28-29-32/h2-5,13,16,20H,6-8,10-12H2,1H3/t16-,20+/m0/s1. The molecule has 2 aliphatic heterocycles. The molecule has 4 heterocycles. The molecule has 0 radical (unpaired) electrons. The Labute approximate surface area is 194 Å². The van der Waals surface area contributed by atoms with E-state index in [-0.39, 0.29) is 30.0 Å². The molecule has 0 aliphatic carbocycles. The molecule has 2 atom stereocenters. The van der Waals surface area contributed by atoms with Gasteiger partial charge in [-0.15, -0.1) is 10.2 Å². The number of carbonyl (C=O) groups excluding carboxylic acids is 1. The first-order valence-corrected chi connectivity index (χ1v) is 10.9. The van der Waals surface area contributed by atoms with Crippen LogP contribution in [0.15, 0.2) is 30.6 Å². The van der Waals surface area contributed by atoms with Crippen molar-refractivity contribution >= 4 is 5.91 Å². The highest BCUT2D eigenvalue weighted by molar-refractivity contribution is 5.78. The fourth-order valence-electron chi connectivity index (χ4n) is 4.48. The predicted octanol–water partition coefficient (Wildman–Crippen LogP) is 0.598. The van der Waals surface area contributed by atoms with Crippen molar-refractivity contribution in [2.45, 2.75) is 25.5 Å². The molecule has 1 aromatic carbocycles. The third-order valence-electron chi connectivity index (χ3n) is 6.38. The van der Waals surface area contributed by atoms with Crippen molar-refractivity contribution in [3.63, 3.8) is 0 Å². The summed E-state index contributed by atoms with van der Waals surface area (Å²) in [4.78, 5) is 17.0. The number of nitrogens with zero attached hydrogens (tertiary/aromatic N) is 9. The van der Waals surface area contributed by atoms with Crippen LogP contribution >= 0.6 is 0 Å². The van der Waals surface area contributed by atoms with Gasteiger partial charge in [-0.25, -0.2) is 4.39 Å². The van der Waals surface area contributed by atoms with E-state index in [2.05, 4.69) is 30.6 Å². The summed E-state index contributed by atoms with van der Waals surface area (Å²) in [6.07, 6.45) is 1.34. The van der Waals surface area contributed by atoms with Crippen LogP contribution in [0.4, 0.5) is 4.39 Å². The Kier molecular flexibility index (Phi) is 5.95. The van der Waals surface area contributed by atoms with E-state index in [4.69, 9.17) is 4.74 Å². The van der Waals surface area contributed by atoms with Gasteiger partial charge in [0.2, 0.25) is 5.91 Å². The molecule has 2 saturated heterocycles. The Bertz CT molecular complexity index is 1230. The van der Waals surface area contributed by atoms with Gasteiger partial charge in [0.1, 0.15) is 18.2 Å². The fraction of sp³-hybridized carbons (Fsp3) is 0.409. The number of ether oxygens (including phenoxy) is 1. The molecule has 0 spiro atoms. The highest BCUT2D eigenvalue weighted by Crippen LogP contribution is 2.31. The molecule has 12 heteroatoms. The van der Waals surface area contributed by atoms with Crippen LogP contribution in [0.25, 0.3) is 5.82 Å². The van der Waals surface area contributed by atoms with E-state index in [0.717, 1.165) is 5.56 Å². The number of tetrazole rings is 1. The molecule has 1 amide bonds. The minimum atomic E-state index is -0.515. The number of hydrogen-bond donors (Lipinski definition) is 0. The van der Waals surface area contributed by atoms with Crippen LogP contribution in [0.3, 0.4) is 0 Å². The maximum atomic E-state index is 13.9. The van der Waals surface area contributed by atoms with E-state index in [1.165, 1.54) is 17.1 Å². The predicted molar refractivity (Wildman–Crippen MR) is 115 cm³/mol. The molecular formula is C22H22FN9O2. The van der Waals surface area contributed by atoms with E-state index in [0.29, 0.717) is 49.9 Å². The van der Waals surface area contributed by atoms with Gasteiger partial charge >= 0.3 is 0 Å². The van der Waals surface area contributed by atoms with Gasteiger partial charge in [-0.2, -0.15) is 15.0 Å². The van der Waals surface area contributed by atoms with Crippen LogP contribution in [0.2, 0.25) is 0 Å². The third-order valence-corrected chi connectivity index (χ3v) is 6.38. The topological polar surface area (TPSA) is 126 Å². The van der Waals surface area contributed by atoms with Crippen LogP contribution in [-0.4, -0.2) is 84.9 Å². The number of hydrogen-bond acceptors (Lipinski definition) is 9. The van der Waals surface area contributed by atoms with Crippen molar-refractivity contribution in [3.05, 3.63) is 58.8 Å². The van der Waals surface area contributed by atoms with Gasteiger partial charge in [0.15, 0.2) is 5.82 Å². The molecule has 5 rings (SSSR count). The lowest BCUT2D eigenvalue weighted by atomic mass is 9.96. The summed E-state index contributed by atoms with van der Waals surface area (Å²) < 4.78 is 21.4. The Balaban J connectivity index is 1.19. The molecule has 2 fully saturated rings. The maximum absolute atomic E-state index is 13.9. The second-order valence-electron chi connectivity index (χ2n) is 8.37. The number of amides is 1. The largest absolute Gasteiger partial charge is 0.370 e. The van der Waals surface area contributed by atoms with Crippen LogP contribution in [0.5, 0.6) is 0 Å². The average Bonchev–Trinajstić information content (AvgIpc) is 3.39. The molecule has 2 aromatic heterocycles. The number of halogens is 1. The number of piperazine rings is 1. The summed E-state index contributed by atoms with van der Waals surface area (Å²) in [5.74, 6) is -0.0550. The van der Waals surface area contributed by atoms with Crippen molar-refractivity contribution in [2.24, 2.45) is 0 Å². The lowest BCUT2D eigenvalue weighted by Gasteiger charge is -2.46. The zero-order valence-electron chi connectivity index (χ0n) is 18.5. The first kappa shape index (κ1) is 22.0. The minimum absolute atomic E-state index is 0.0145. The monoisotopic (exact) mass is 463 g/mol. The minimum Gasteiger partial charge on any atom is -0.370 e. The van der Waals surface area contributed by atoms with Crippen LogP contribution < -0.4 is 0 Å². The van der Waals surface area contributed by atoms with Crippen molar-refractivity contribution in [3.8, 4) is 11.9 Å². The SMILES string of the molecule is Cc1c([C@H]2CN3CCN(C(=O)Cc4ccc(-n5cnnn5)nn4)C[C@H]3CO2)ccc(F)c1C#N. The summed E-state index contributed by atoms with van der Waals surface area (Å²) in [6.45, 7) is 4.71. The summed E-state index contributed by atoms with van der Waals surface area (Å²) in [7, 11) is 0. The molecule has 11 nitrogen and oxygen atoms in total. The molecule has 3 aromatic rings. The number of morpholine rings is 1. The number of carbonyl (C=O) groups is 1. The molecule has 0 saturated carbocycles. The summed E-state index contributed by atoms with van der Waals surface area (Å²) in [5, 5.41) is 28.3. The Hall–Kier alpha value is -3.82. The lowest BCUT2D eigenvalue weighted by Crippen LogP contribution is -2.59.